The molecule has 0 amide bonds. The Morgan fingerprint density at radius 2 is 1.97 bits per heavy atom. The largest absolute Gasteiger partial charge is 0.479 e. The van der Waals surface area contributed by atoms with Crippen LogP contribution in [0.15, 0.2) is 30.5 Å². The molecule has 10 nitrogen and oxygen atoms in total. The Balaban J connectivity index is 1.27. The lowest BCUT2D eigenvalue weighted by atomic mass is 9.93. The fraction of sp³-hybridized carbons (Fsp3) is 0.520. The number of aromatic nitrogens is 6. The number of likely N-dealkylation sites (tertiary alicyclic amines) is 1. The van der Waals surface area contributed by atoms with Crippen LogP contribution in [0.1, 0.15) is 39.7 Å². The second-order valence-electron chi connectivity index (χ2n) is 10.2. The molecule has 5 heterocycles. The number of methoxy groups -OCH3 is 1. The van der Waals surface area contributed by atoms with Crippen LogP contribution in [0.3, 0.4) is 0 Å². The number of anilines is 1. The highest BCUT2D eigenvalue weighted by Gasteiger charge is 2.40. The highest BCUT2D eigenvalue weighted by molar-refractivity contribution is 5.89. The minimum absolute atomic E-state index is 0.205. The highest BCUT2D eigenvalue weighted by Crippen LogP contribution is 2.34. The maximum atomic E-state index is 5.73. The molecule has 1 aromatic carbocycles. The Hall–Kier alpha value is -3.24. The summed E-state index contributed by atoms with van der Waals surface area (Å²) in [5, 5.41) is 16.9. The first kappa shape index (κ1) is 22.2. The van der Waals surface area contributed by atoms with Gasteiger partial charge in [-0.05, 0) is 57.4 Å². The Morgan fingerprint density at radius 3 is 2.66 bits per heavy atom. The van der Waals surface area contributed by atoms with E-state index in [9.17, 15) is 0 Å². The Kier molecular flexibility index (Phi) is 5.37. The van der Waals surface area contributed by atoms with Gasteiger partial charge in [0.15, 0.2) is 0 Å². The van der Waals surface area contributed by atoms with Gasteiger partial charge in [-0.25, -0.2) is 9.20 Å². The van der Waals surface area contributed by atoms with E-state index in [0.29, 0.717) is 17.9 Å². The minimum atomic E-state index is 0.205. The van der Waals surface area contributed by atoms with Crippen molar-refractivity contribution < 1.29 is 9.47 Å². The number of fused-ring (bicyclic) bond motifs is 2. The summed E-state index contributed by atoms with van der Waals surface area (Å²) in [5.74, 6) is 1.14. The van der Waals surface area contributed by atoms with Crippen molar-refractivity contribution in [2.45, 2.75) is 51.2 Å². The summed E-state index contributed by atoms with van der Waals surface area (Å²) in [6.07, 6.45) is 4.06. The average Bonchev–Trinajstić information content (AvgIpc) is 3.46. The molecule has 3 aromatic heterocycles. The van der Waals surface area contributed by atoms with Crippen LogP contribution in [0.2, 0.25) is 0 Å². The van der Waals surface area contributed by atoms with Crippen LogP contribution in [-0.4, -0.2) is 79.5 Å². The first-order valence-electron chi connectivity index (χ1n) is 12.3. The zero-order valence-electron chi connectivity index (χ0n) is 20.7. The van der Waals surface area contributed by atoms with Gasteiger partial charge in [0.05, 0.1) is 31.4 Å². The molecule has 2 saturated heterocycles. The molecule has 35 heavy (non-hydrogen) atoms. The smallest absolute Gasteiger partial charge is 0.244 e. The van der Waals surface area contributed by atoms with Gasteiger partial charge in [-0.2, -0.15) is 4.98 Å². The van der Waals surface area contributed by atoms with E-state index in [-0.39, 0.29) is 11.6 Å². The second kappa shape index (κ2) is 8.46. The van der Waals surface area contributed by atoms with Gasteiger partial charge in [0.25, 0.3) is 0 Å². The van der Waals surface area contributed by atoms with Crippen molar-refractivity contribution in [2.24, 2.45) is 0 Å². The van der Waals surface area contributed by atoms with Crippen LogP contribution >= 0.6 is 0 Å². The summed E-state index contributed by atoms with van der Waals surface area (Å²) in [5.41, 5.74) is 4.99. The quantitative estimate of drug-likeness (QED) is 0.453. The zero-order valence-corrected chi connectivity index (χ0v) is 20.7. The van der Waals surface area contributed by atoms with Gasteiger partial charge in [-0.3, -0.25) is 4.90 Å². The third kappa shape index (κ3) is 3.81. The average molecular weight is 477 g/mol. The third-order valence-corrected chi connectivity index (χ3v) is 7.36. The molecule has 10 heteroatoms. The first-order chi connectivity index (χ1) is 16.9. The van der Waals surface area contributed by atoms with Crippen molar-refractivity contribution in [3.63, 3.8) is 0 Å². The molecule has 6 rings (SSSR count). The molecule has 2 aliphatic rings. The summed E-state index contributed by atoms with van der Waals surface area (Å²) in [6.45, 7) is 10.3. The van der Waals surface area contributed by atoms with Gasteiger partial charge in [0.2, 0.25) is 11.8 Å². The molecular weight excluding hydrogens is 444 g/mol. The zero-order chi connectivity index (χ0) is 24.2. The van der Waals surface area contributed by atoms with E-state index < -0.39 is 0 Å². The molecule has 0 atom stereocenters. The molecule has 0 aliphatic carbocycles. The van der Waals surface area contributed by atoms with Gasteiger partial charge in [-0.1, -0.05) is 11.3 Å². The topological polar surface area (TPSA) is 94.6 Å². The van der Waals surface area contributed by atoms with Crippen LogP contribution in [-0.2, 0) is 4.74 Å². The van der Waals surface area contributed by atoms with Gasteiger partial charge < -0.3 is 14.8 Å². The molecule has 1 N–H and O–H groups in total. The number of hydrogen-bond acceptors (Lipinski definition) is 8. The van der Waals surface area contributed by atoms with Crippen LogP contribution < -0.4 is 10.1 Å². The number of ether oxygens (including phenoxy) is 2. The summed E-state index contributed by atoms with van der Waals surface area (Å²) >= 11 is 0. The Bertz CT molecular complexity index is 1360. The van der Waals surface area contributed by atoms with Crippen LogP contribution in [0.4, 0.5) is 5.95 Å². The van der Waals surface area contributed by atoms with E-state index >= 15 is 0 Å². The number of nitrogens with zero attached hydrogens (tertiary/aromatic N) is 7. The number of benzene rings is 1. The monoisotopic (exact) mass is 476 g/mol. The van der Waals surface area contributed by atoms with Gasteiger partial charge in [0.1, 0.15) is 11.0 Å². The molecule has 0 spiro atoms. The van der Waals surface area contributed by atoms with E-state index in [1.54, 1.807) is 7.11 Å². The minimum Gasteiger partial charge on any atom is -0.479 e. The fourth-order valence-electron chi connectivity index (χ4n) is 5.24. The third-order valence-electron chi connectivity index (χ3n) is 7.36. The maximum Gasteiger partial charge on any atom is 0.244 e. The summed E-state index contributed by atoms with van der Waals surface area (Å²) in [6, 6.07) is 8.80. The molecule has 2 aliphatic heterocycles. The standard InChI is InChI=1S/C25H32N8O2/c1-16(2)33-21-13-17(5-6-20(21)28-30-33)19-9-12-32-22(19)23(34-4)27-24(29-32)26-18-7-10-31(11-8-18)25(3)14-35-15-25/h5-6,9,12-13,16,18H,7-8,10-11,14-15H2,1-4H3,(H,26,29). The predicted molar refractivity (Wildman–Crippen MR) is 134 cm³/mol. The normalized spacial score (nSPS) is 18.9. The van der Waals surface area contributed by atoms with Gasteiger partial charge in [-0.15, -0.1) is 10.2 Å². The van der Waals surface area contributed by atoms with Crippen molar-refractivity contribution in [2.75, 3.05) is 38.7 Å². The van der Waals surface area contributed by atoms with Crippen molar-refractivity contribution in [3.05, 3.63) is 30.5 Å². The number of piperidine rings is 1. The van der Waals surface area contributed by atoms with E-state index in [1.165, 1.54) is 0 Å². The first-order valence-corrected chi connectivity index (χ1v) is 12.3. The molecule has 0 bridgehead atoms. The fourth-order valence-corrected chi connectivity index (χ4v) is 5.24. The second-order valence-corrected chi connectivity index (χ2v) is 10.2. The van der Waals surface area contributed by atoms with Gasteiger partial charge in [0, 0.05) is 36.9 Å². The lowest BCUT2D eigenvalue weighted by Crippen LogP contribution is -2.62. The molecule has 184 valence electrons. The van der Waals surface area contributed by atoms with E-state index in [1.807, 2.05) is 21.5 Å². The molecular formula is C25H32N8O2. The van der Waals surface area contributed by atoms with E-state index in [4.69, 9.17) is 19.6 Å². The molecule has 4 aromatic rings. The Labute approximate surface area is 204 Å². The highest BCUT2D eigenvalue weighted by atomic mass is 16.5. The molecule has 0 saturated carbocycles. The number of nitrogens with one attached hydrogen (secondary N) is 1. The van der Waals surface area contributed by atoms with E-state index in [2.05, 4.69) is 59.5 Å². The summed E-state index contributed by atoms with van der Waals surface area (Å²) in [4.78, 5) is 7.29. The maximum absolute atomic E-state index is 5.73. The van der Waals surface area contributed by atoms with Gasteiger partial charge >= 0.3 is 0 Å². The van der Waals surface area contributed by atoms with Crippen molar-refractivity contribution >= 4 is 22.5 Å². The molecule has 0 unspecified atom stereocenters. The van der Waals surface area contributed by atoms with Crippen LogP contribution in [0.5, 0.6) is 5.88 Å². The van der Waals surface area contributed by atoms with Crippen molar-refractivity contribution in [1.82, 2.24) is 34.5 Å². The Morgan fingerprint density at radius 1 is 1.17 bits per heavy atom. The van der Waals surface area contributed by atoms with Crippen LogP contribution in [0.25, 0.3) is 27.7 Å². The summed E-state index contributed by atoms with van der Waals surface area (Å²) < 4.78 is 15.0. The lowest BCUT2D eigenvalue weighted by Gasteiger charge is -2.49. The van der Waals surface area contributed by atoms with Crippen molar-refractivity contribution in [1.29, 1.82) is 0 Å². The van der Waals surface area contributed by atoms with E-state index in [0.717, 1.165) is 66.8 Å². The summed E-state index contributed by atoms with van der Waals surface area (Å²) in [7, 11) is 1.66. The SMILES string of the molecule is COc1nc(NC2CCN(C3(C)COC3)CC2)nn2ccc(-c3ccc4nnn(C(C)C)c4c3)c12. The number of rotatable bonds is 6. The molecule has 2 fully saturated rings. The number of hydrogen-bond donors (Lipinski definition) is 1. The molecule has 0 radical (unpaired) electrons. The lowest BCUT2D eigenvalue weighted by molar-refractivity contribution is -0.135. The van der Waals surface area contributed by atoms with Crippen LogP contribution in [0, 0.1) is 0 Å². The predicted octanol–water partition coefficient (Wildman–Crippen LogP) is 3.40. The van der Waals surface area contributed by atoms with Crippen molar-refractivity contribution in [3.8, 4) is 17.0 Å².